The molecule has 8 heteroatoms. The molecule has 2 rings (SSSR count). The smallest absolute Gasteiger partial charge is 0.337 e. The summed E-state index contributed by atoms with van der Waals surface area (Å²) in [4.78, 5) is 34.5. The van der Waals surface area contributed by atoms with Crippen LogP contribution in [0.25, 0.3) is 0 Å². The van der Waals surface area contributed by atoms with Crippen molar-refractivity contribution in [1.82, 2.24) is 5.43 Å². The Hall–Kier alpha value is -3.42. The van der Waals surface area contributed by atoms with E-state index in [0.717, 1.165) is 0 Å². The molecular formula is C15H13N3O5. The molecule has 0 spiro atoms. The normalized spacial score (nSPS) is 10.3. The van der Waals surface area contributed by atoms with E-state index < -0.39 is 17.8 Å². The van der Waals surface area contributed by atoms with Gasteiger partial charge in [0.1, 0.15) is 5.76 Å². The van der Waals surface area contributed by atoms with Crippen LogP contribution >= 0.6 is 0 Å². The monoisotopic (exact) mass is 315 g/mol. The molecule has 1 aromatic carbocycles. The number of anilines is 1. The van der Waals surface area contributed by atoms with E-state index in [1.807, 2.05) is 0 Å². The lowest BCUT2D eigenvalue weighted by Crippen LogP contribution is -2.32. The zero-order chi connectivity index (χ0) is 16.7. The molecular weight excluding hydrogens is 302 g/mol. The van der Waals surface area contributed by atoms with E-state index >= 15 is 0 Å². The molecule has 0 fully saturated rings. The summed E-state index contributed by atoms with van der Waals surface area (Å²) in [5.41, 5.74) is 2.75. The van der Waals surface area contributed by atoms with E-state index in [-0.39, 0.29) is 0 Å². The predicted octanol–water partition coefficient (Wildman–Crippen LogP) is 1.15. The van der Waals surface area contributed by atoms with Crippen LogP contribution in [-0.2, 0) is 14.3 Å². The van der Waals surface area contributed by atoms with E-state index in [1.165, 1.54) is 43.9 Å². The van der Waals surface area contributed by atoms with Gasteiger partial charge in [-0.1, -0.05) is 0 Å². The second kappa shape index (κ2) is 7.55. The zero-order valence-electron chi connectivity index (χ0n) is 12.1. The first kappa shape index (κ1) is 16.0. The number of hydrazone groups is 1. The van der Waals surface area contributed by atoms with Crippen LogP contribution in [0.3, 0.4) is 0 Å². The molecule has 0 saturated heterocycles. The number of furan rings is 1. The molecule has 118 valence electrons. The predicted molar refractivity (Wildman–Crippen MR) is 80.9 cm³/mol. The van der Waals surface area contributed by atoms with Gasteiger partial charge in [-0.3, -0.25) is 9.59 Å². The molecule has 0 aliphatic rings. The van der Waals surface area contributed by atoms with Crippen LogP contribution in [0.2, 0.25) is 0 Å². The average molecular weight is 315 g/mol. The lowest BCUT2D eigenvalue weighted by molar-refractivity contribution is -0.136. The number of carbonyl (C=O) groups excluding carboxylic acids is 3. The number of nitrogens with zero attached hydrogens (tertiary/aromatic N) is 1. The van der Waals surface area contributed by atoms with Crippen LogP contribution in [-0.4, -0.2) is 31.1 Å². The van der Waals surface area contributed by atoms with Crippen molar-refractivity contribution >= 4 is 29.7 Å². The Balaban J connectivity index is 1.88. The fourth-order valence-electron chi connectivity index (χ4n) is 1.57. The summed E-state index contributed by atoms with van der Waals surface area (Å²) in [6.07, 6.45) is 2.71. The summed E-state index contributed by atoms with van der Waals surface area (Å²) >= 11 is 0. The summed E-state index contributed by atoms with van der Waals surface area (Å²) in [7, 11) is 1.27. The number of amides is 2. The molecule has 8 nitrogen and oxygen atoms in total. The number of methoxy groups -OCH3 is 1. The van der Waals surface area contributed by atoms with Gasteiger partial charge in [-0.25, -0.2) is 10.2 Å². The van der Waals surface area contributed by atoms with Crippen molar-refractivity contribution in [1.29, 1.82) is 0 Å². The molecule has 1 heterocycles. The first-order chi connectivity index (χ1) is 11.1. The highest BCUT2D eigenvalue weighted by Crippen LogP contribution is 2.10. The Labute approximate surface area is 131 Å². The van der Waals surface area contributed by atoms with Gasteiger partial charge < -0.3 is 14.5 Å². The molecule has 2 N–H and O–H groups in total. The third-order valence-corrected chi connectivity index (χ3v) is 2.67. The second-order valence-electron chi connectivity index (χ2n) is 4.24. The number of hydrogen-bond acceptors (Lipinski definition) is 6. The van der Waals surface area contributed by atoms with E-state index in [0.29, 0.717) is 17.0 Å². The van der Waals surface area contributed by atoms with Crippen molar-refractivity contribution < 1.29 is 23.5 Å². The number of esters is 1. The van der Waals surface area contributed by atoms with Crippen molar-refractivity contribution in [2.24, 2.45) is 5.10 Å². The van der Waals surface area contributed by atoms with Crippen molar-refractivity contribution in [2.45, 2.75) is 0 Å². The minimum Gasteiger partial charge on any atom is -0.465 e. The lowest BCUT2D eigenvalue weighted by Gasteiger charge is -2.04. The minimum absolute atomic E-state index is 0.331. The third kappa shape index (κ3) is 4.53. The molecule has 2 amide bonds. The Morgan fingerprint density at radius 1 is 1.13 bits per heavy atom. The van der Waals surface area contributed by atoms with Crippen LogP contribution in [0, 0.1) is 0 Å². The number of benzene rings is 1. The fourth-order valence-corrected chi connectivity index (χ4v) is 1.57. The summed E-state index contributed by atoms with van der Waals surface area (Å²) in [5.74, 6) is -1.89. The molecule has 0 atom stereocenters. The average Bonchev–Trinajstić information content (AvgIpc) is 3.08. The van der Waals surface area contributed by atoms with Gasteiger partial charge in [-0.05, 0) is 36.4 Å². The van der Waals surface area contributed by atoms with E-state index in [4.69, 9.17) is 4.42 Å². The molecule has 0 aliphatic heterocycles. The number of ether oxygens (including phenoxy) is 1. The Kier molecular flexibility index (Phi) is 5.24. The van der Waals surface area contributed by atoms with Gasteiger partial charge in [0.15, 0.2) is 0 Å². The first-order valence-electron chi connectivity index (χ1n) is 6.46. The maximum atomic E-state index is 11.7. The summed E-state index contributed by atoms with van der Waals surface area (Å²) in [6.45, 7) is 0. The van der Waals surface area contributed by atoms with Crippen molar-refractivity contribution in [3.63, 3.8) is 0 Å². The molecule has 1 aromatic heterocycles. The number of carbonyl (C=O) groups is 3. The van der Waals surface area contributed by atoms with Gasteiger partial charge in [0.2, 0.25) is 0 Å². The molecule has 0 saturated carbocycles. The lowest BCUT2D eigenvalue weighted by atomic mass is 10.2. The van der Waals surface area contributed by atoms with Crippen LogP contribution in [0.1, 0.15) is 16.1 Å². The van der Waals surface area contributed by atoms with Crippen molar-refractivity contribution in [3.8, 4) is 0 Å². The van der Waals surface area contributed by atoms with Crippen LogP contribution < -0.4 is 10.7 Å². The summed E-state index contributed by atoms with van der Waals surface area (Å²) in [6, 6.07) is 9.18. The number of hydrogen-bond donors (Lipinski definition) is 2. The van der Waals surface area contributed by atoms with Gasteiger partial charge in [0.05, 0.1) is 25.2 Å². The third-order valence-electron chi connectivity index (χ3n) is 2.67. The Bertz CT molecular complexity index is 720. The fraction of sp³-hybridized carbons (Fsp3) is 0.0667. The number of nitrogens with one attached hydrogen (secondary N) is 2. The van der Waals surface area contributed by atoms with Gasteiger partial charge in [0, 0.05) is 5.69 Å². The molecule has 0 aliphatic carbocycles. The molecule has 0 unspecified atom stereocenters. The number of rotatable bonds is 4. The molecule has 23 heavy (non-hydrogen) atoms. The standard InChI is InChI=1S/C15H13N3O5/c1-22-15(21)10-4-6-11(7-5-10)17-13(19)14(20)18-16-9-12-3-2-8-23-12/h2-9H,1H3,(H,17,19)(H,18,20)/b16-9-. The quantitative estimate of drug-likeness (QED) is 0.381. The van der Waals surface area contributed by atoms with E-state index in [9.17, 15) is 14.4 Å². The van der Waals surface area contributed by atoms with E-state index in [2.05, 4.69) is 20.6 Å². The van der Waals surface area contributed by atoms with Gasteiger partial charge in [0.25, 0.3) is 0 Å². The second-order valence-corrected chi connectivity index (χ2v) is 4.24. The van der Waals surface area contributed by atoms with Crippen molar-refractivity contribution in [2.75, 3.05) is 12.4 Å². The van der Waals surface area contributed by atoms with Crippen LogP contribution in [0.15, 0.2) is 52.2 Å². The molecule has 0 bridgehead atoms. The minimum atomic E-state index is -0.940. The summed E-state index contributed by atoms with van der Waals surface area (Å²) < 4.78 is 9.53. The van der Waals surface area contributed by atoms with E-state index in [1.54, 1.807) is 12.1 Å². The molecule has 2 aromatic rings. The highest BCUT2D eigenvalue weighted by Gasteiger charge is 2.13. The zero-order valence-corrected chi connectivity index (χ0v) is 12.1. The SMILES string of the molecule is COC(=O)c1ccc(NC(=O)C(=O)N/N=C\c2ccco2)cc1. The Morgan fingerprint density at radius 3 is 2.48 bits per heavy atom. The van der Waals surface area contributed by atoms with Gasteiger partial charge in [-0.15, -0.1) is 0 Å². The maximum absolute atomic E-state index is 11.7. The van der Waals surface area contributed by atoms with Gasteiger partial charge >= 0.3 is 17.8 Å². The summed E-state index contributed by atoms with van der Waals surface area (Å²) in [5, 5.41) is 5.95. The highest BCUT2D eigenvalue weighted by molar-refractivity contribution is 6.39. The molecule has 0 radical (unpaired) electrons. The maximum Gasteiger partial charge on any atom is 0.337 e. The van der Waals surface area contributed by atoms with Gasteiger partial charge in [-0.2, -0.15) is 5.10 Å². The van der Waals surface area contributed by atoms with Crippen LogP contribution in [0.5, 0.6) is 0 Å². The highest BCUT2D eigenvalue weighted by atomic mass is 16.5. The van der Waals surface area contributed by atoms with Crippen molar-refractivity contribution in [3.05, 3.63) is 54.0 Å². The Morgan fingerprint density at radius 2 is 1.87 bits per heavy atom. The first-order valence-corrected chi connectivity index (χ1v) is 6.46. The van der Waals surface area contributed by atoms with Crippen LogP contribution in [0.4, 0.5) is 5.69 Å². The topological polar surface area (TPSA) is 110 Å². The largest absolute Gasteiger partial charge is 0.465 e.